The summed E-state index contributed by atoms with van der Waals surface area (Å²) in [6.07, 6.45) is -0.938. The number of anilines is 2. The van der Waals surface area contributed by atoms with Crippen molar-refractivity contribution in [3.8, 4) is 0 Å². The molecule has 1 amide bonds. The minimum absolute atomic E-state index is 0.0211. The van der Waals surface area contributed by atoms with Crippen LogP contribution in [0.3, 0.4) is 0 Å². The normalized spacial score (nSPS) is 26.9. The SMILES string of the molecule is CC(C)C(=O)Nc1nc(N2CCCC2)c2ncn([C@@H]3O[C@](F)(COC(=O)c4ccccc4)[C@@H](O)[C@@]3(C)F)c2n1. The highest BCUT2D eigenvalue weighted by molar-refractivity contribution is 5.93. The fourth-order valence-electron chi connectivity index (χ4n) is 4.72. The highest BCUT2D eigenvalue weighted by Crippen LogP contribution is 2.48. The minimum atomic E-state index is -3.06. The topological polar surface area (TPSA) is 132 Å². The van der Waals surface area contributed by atoms with Crippen molar-refractivity contribution < 1.29 is 33.0 Å². The third-order valence-corrected chi connectivity index (χ3v) is 6.96. The number of aliphatic hydroxyl groups is 1. The van der Waals surface area contributed by atoms with E-state index in [0.29, 0.717) is 24.4 Å². The lowest BCUT2D eigenvalue weighted by Gasteiger charge is -2.25. The predicted octanol–water partition coefficient (Wildman–Crippen LogP) is 3.16. The largest absolute Gasteiger partial charge is 0.456 e. The van der Waals surface area contributed by atoms with Gasteiger partial charge in [-0.15, -0.1) is 0 Å². The second kappa shape index (κ2) is 10.1. The summed E-state index contributed by atoms with van der Waals surface area (Å²) in [6, 6.07) is 7.87. The number of nitrogens with zero attached hydrogens (tertiary/aromatic N) is 5. The summed E-state index contributed by atoms with van der Waals surface area (Å²) in [7, 11) is 0. The highest BCUT2D eigenvalue weighted by Gasteiger charge is 2.65. The molecular formula is C26H30F2N6O5. The van der Waals surface area contributed by atoms with Crippen molar-refractivity contribution >= 4 is 34.8 Å². The molecule has 4 heterocycles. The molecule has 0 radical (unpaired) electrons. The lowest BCUT2D eigenvalue weighted by molar-refractivity contribution is -0.206. The Morgan fingerprint density at radius 1 is 1.21 bits per heavy atom. The molecule has 0 saturated carbocycles. The van der Waals surface area contributed by atoms with Crippen LogP contribution in [0.25, 0.3) is 11.2 Å². The highest BCUT2D eigenvalue weighted by atomic mass is 19.2. The Labute approximate surface area is 223 Å². The fourth-order valence-corrected chi connectivity index (χ4v) is 4.72. The van der Waals surface area contributed by atoms with E-state index in [1.54, 1.807) is 32.0 Å². The van der Waals surface area contributed by atoms with E-state index < -0.39 is 36.4 Å². The summed E-state index contributed by atoms with van der Waals surface area (Å²) >= 11 is 0. The van der Waals surface area contributed by atoms with Crippen molar-refractivity contribution in [1.82, 2.24) is 19.5 Å². The lowest BCUT2D eigenvalue weighted by Crippen LogP contribution is -2.47. The molecular weight excluding hydrogens is 514 g/mol. The second-order valence-corrected chi connectivity index (χ2v) is 10.3. The molecule has 2 aliphatic rings. The van der Waals surface area contributed by atoms with Gasteiger partial charge in [0.1, 0.15) is 0 Å². The van der Waals surface area contributed by atoms with Crippen LogP contribution in [0, 0.1) is 5.92 Å². The van der Waals surface area contributed by atoms with Crippen molar-refractivity contribution in [3.05, 3.63) is 42.2 Å². The summed E-state index contributed by atoms with van der Waals surface area (Å²) in [5, 5.41) is 13.3. The predicted molar refractivity (Wildman–Crippen MR) is 136 cm³/mol. The smallest absolute Gasteiger partial charge is 0.338 e. The van der Waals surface area contributed by atoms with Gasteiger partial charge in [-0.1, -0.05) is 32.0 Å². The lowest BCUT2D eigenvalue weighted by atomic mass is 9.97. The Morgan fingerprint density at radius 2 is 1.90 bits per heavy atom. The van der Waals surface area contributed by atoms with Gasteiger partial charge in [0.2, 0.25) is 11.9 Å². The number of hydrogen-bond acceptors (Lipinski definition) is 9. The van der Waals surface area contributed by atoms with Gasteiger partial charge in [0.05, 0.1) is 11.9 Å². The number of fused-ring (bicyclic) bond motifs is 1. The zero-order chi connectivity index (χ0) is 27.9. The Balaban J connectivity index is 1.48. The number of esters is 1. The molecule has 208 valence electrons. The number of aliphatic hydroxyl groups excluding tert-OH is 1. The van der Waals surface area contributed by atoms with E-state index in [9.17, 15) is 14.7 Å². The molecule has 2 aromatic heterocycles. The van der Waals surface area contributed by atoms with Crippen LogP contribution in [-0.2, 0) is 14.3 Å². The van der Waals surface area contributed by atoms with Gasteiger partial charge in [-0.25, -0.2) is 18.6 Å². The molecule has 2 aliphatic heterocycles. The molecule has 0 spiro atoms. The molecule has 2 N–H and O–H groups in total. The molecule has 4 atom stereocenters. The number of halogens is 2. The van der Waals surface area contributed by atoms with Crippen LogP contribution in [0.15, 0.2) is 36.7 Å². The van der Waals surface area contributed by atoms with Crippen molar-refractivity contribution in [2.75, 3.05) is 29.9 Å². The van der Waals surface area contributed by atoms with Crippen molar-refractivity contribution in [3.63, 3.8) is 0 Å². The van der Waals surface area contributed by atoms with Crippen molar-refractivity contribution in [2.45, 2.75) is 57.5 Å². The van der Waals surface area contributed by atoms with E-state index in [1.165, 1.54) is 18.5 Å². The van der Waals surface area contributed by atoms with E-state index in [2.05, 4.69) is 20.3 Å². The number of aromatic nitrogens is 4. The zero-order valence-electron chi connectivity index (χ0n) is 21.8. The average molecular weight is 545 g/mol. The van der Waals surface area contributed by atoms with Crippen LogP contribution in [0.1, 0.15) is 50.2 Å². The summed E-state index contributed by atoms with van der Waals surface area (Å²) in [5.74, 6) is -4.16. The van der Waals surface area contributed by atoms with E-state index in [4.69, 9.17) is 9.47 Å². The molecule has 13 heteroatoms. The number of imidazole rings is 1. The Morgan fingerprint density at radius 3 is 2.56 bits per heavy atom. The van der Waals surface area contributed by atoms with Crippen LogP contribution in [0.2, 0.25) is 0 Å². The maximum absolute atomic E-state index is 16.0. The third kappa shape index (κ3) is 4.91. The maximum atomic E-state index is 16.0. The standard InChI is InChI=1S/C26H30F2N6O5/c1-15(2)20(35)32-24-30-18(33-11-7-8-12-33)17-19(31-24)34(14-29-17)23-25(3,27)22(37)26(28,39-23)13-38-21(36)16-9-5-4-6-10-16/h4-6,9-10,14-15,22-23,37H,7-8,11-13H2,1-3H3,(H,30,31,32,35)/t22-,23+,25+,26+/m0/s1. The van der Waals surface area contributed by atoms with Gasteiger partial charge >= 0.3 is 5.97 Å². The first-order chi connectivity index (χ1) is 18.5. The van der Waals surface area contributed by atoms with Gasteiger partial charge in [0.15, 0.2) is 41.6 Å². The minimum Gasteiger partial charge on any atom is -0.456 e. The Bertz CT molecular complexity index is 1380. The van der Waals surface area contributed by atoms with Crippen molar-refractivity contribution in [1.29, 1.82) is 0 Å². The first-order valence-corrected chi connectivity index (χ1v) is 12.8. The molecule has 39 heavy (non-hydrogen) atoms. The van der Waals surface area contributed by atoms with Crippen LogP contribution < -0.4 is 10.2 Å². The molecule has 5 rings (SSSR count). The third-order valence-electron chi connectivity index (χ3n) is 6.96. The molecule has 2 saturated heterocycles. The van der Waals surface area contributed by atoms with Crippen LogP contribution >= 0.6 is 0 Å². The van der Waals surface area contributed by atoms with E-state index in [-0.39, 0.29) is 29.0 Å². The Kier molecular flexibility index (Phi) is 6.97. The van der Waals surface area contributed by atoms with Gasteiger partial charge in [-0.05, 0) is 31.9 Å². The second-order valence-electron chi connectivity index (χ2n) is 10.3. The first-order valence-electron chi connectivity index (χ1n) is 12.8. The van der Waals surface area contributed by atoms with Gasteiger partial charge in [0.25, 0.3) is 5.85 Å². The average Bonchev–Trinajstić information content (AvgIpc) is 3.63. The molecule has 0 aliphatic carbocycles. The summed E-state index contributed by atoms with van der Waals surface area (Å²) in [4.78, 5) is 39.9. The molecule has 0 bridgehead atoms. The van der Waals surface area contributed by atoms with Gasteiger partial charge in [-0.2, -0.15) is 9.97 Å². The molecule has 3 aromatic rings. The number of benzene rings is 1. The van der Waals surface area contributed by atoms with E-state index >= 15 is 8.78 Å². The first kappa shape index (κ1) is 26.9. The number of hydrogen-bond donors (Lipinski definition) is 2. The summed E-state index contributed by atoms with van der Waals surface area (Å²) < 4.78 is 43.5. The number of alkyl halides is 2. The number of nitrogens with one attached hydrogen (secondary N) is 1. The fraction of sp³-hybridized carbons (Fsp3) is 0.500. The number of ether oxygens (including phenoxy) is 2. The van der Waals surface area contributed by atoms with Crippen LogP contribution in [0.5, 0.6) is 0 Å². The molecule has 2 fully saturated rings. The van der Waals surface area contributed by atoms with Gasteiger partial charge in [-0.3, -0.25) is 14.7 Å². The van der Waals surface area contributed by atoms with Crippen LogP contribution in [0.4, 0.5) is 20.5 Å². The zero-order valence-corrected chi connectivity index (χ0v) is 21.8. The van der Waals surface area contributed by atoms with Crippen molar-refractivity contribution in [2.24, 2.45) is 5.92 Å². The molecule has 0 unspecified atom stereocenters. The Hall–Kier alpha value is -3.71. The van der Waals surface area contributed by atoms with E-state index in [1.807, 2.05) is 4.90 Å². The quantitative estimate of drug-likeness (QED) is 0.431. The summed E-state index contributed by atoms with van der Waals surface area (Å²) in [5.41, 5.74) is -2.13. The number of carbonyl (C=O) groups excluding carboxylic acids is 2. The summed E-state index contributed by atoms with van der Waals surface area (Å²) in [6.45, 7) is 4.78. The number of rotatable bonds is 7. The monoisotopic (exact) mass is 544 g/mol. The number of amides is 1. The van der Waals surface area contributed by atoms with Crippen LogP contribution in [-0.4, -0.2) is 73.8 Å². The van der Waals surface area contributed by atoms with Gasteiger partial charge in [0, 0.05) is 19.0 Å². The maximum Gasteiger partial charge on any atom is 0.338 e. The van der Waals surface area contributed by atoms with E-state index in [0.717, 1.165) is 24.3 Å². The number of carbonyl (C=O) groups is 2. The molecule has 11 nitrogen and oxygen atoms in total. The van der Waals surface area contributed by atoms with Gasteiger partial charge < -0.3 is 19.5 Å². The molecule has 1 aromatic carbocycles.